The quantitative estimate of drug-likeness (QED) is 0.598. The van der Waals surface area contributed by atoms with Crippen molar-refractivity contribution in [2.75, 3.05) is 24.2 Å². The highest BCUT2D eigenvalue weighted by atomic mass is 35.5. The van der Waals surface area contributed by atoms with Crippen LogP contribution in [-0.4, -0.2) is 51.0 Å². The molecular weight excluding hydrogens is 450 g/mol. The molecule has 0 radical (unpaired) electrons. The van der Waals surface area contributed by atoms with Gasteiger partial charge in [0.05, 0.1) is 11.9 Å². The molecule has 0 aliphatic rings. The van der Waals surface area contributed by atoms with E-state index < -0.39 is 28.5 Å². The first-order valence-corrected chi connectivity index (χ1v) is 12.5. The van der Waals surface area contributed by atoms with E-state index >= 15 is 0 Å². The van der Waals surface area contributed by atoms with E-state index in [-0.39, 0.29) is 12.5 Å². The maximum Gasteiger partial charge on any atom is 0.244 e. The lowest BCUT2D eigenvalue weighted by Gasteiger charge is -2.33. The minimum atomic E-state index is -3.75. The largest absolute Gasteiger partial charge is 0.357 e. The molecule has 0 spiro atoms. The first-order valence-electron chi connectivity index (χ1n) is 10.3. The highest BCUT2D eigenvalue weighted by molar-refractivity contribution is 7.92. The fraction of sp³-hybridized carbons (Fsp3) is 0.391. The molecule has 32 heavy (non-hydrogen) atoms. The van der Waals surface area contributed by atoms with Crippen molar-refractivity contribution in [1.82, 2.24) is 10.2 Å². The van der Waals surface area contributed by atoms with Crippen LogP contribution in [0.25, 0.3) is 0 Å². The number of likely N-dealkylation sites (N-methyl/N-ethyl adjacent to an activating group) is 1. The molecule has 0 saturated carbocycles. The number of nitrogens with zero attached hydrogens (tertiary/aromatic N) is 2. The lowest BCUT2D eigenvalue weighted by atomic mass is 10.1. The molecule has 0 aliphatic carbocycles. The van der Waals surface area contributed by atoms with Gasteiger partial charge in [0.2, 0.25) is 21.8 Å². The first kappa shape index (κ1) is 25.7. The van der Waals surface area contributed by atoms with E-state index in [1.807, 2.05) is 19.9 Å². The van der Waals surface area contributed by atoms with E-state index in [2.05, 4.69) is 5.32 Å². The lowest BCUT2D eigenvalue weighted by molar-refractivity contribution is -0.140. The summed E-state index contributed by atoms with van der Waals surface area (Å²) >= 11 is 5.97. The Bertz CT molecular complexity index is 1070. The third-order valence-electron chi connectivity index (χ3n) is 5.42. The number of amides is 2. The van der Waals surface area contributed by atoms with Gasteiger partial charge in [0, 0.05) is 18.6 Å². The second-order valence-corrected chi connectivity index (χ2v) is 10.0. The summed E-state index contributed by atoms with van der Waals surface area (Å²) < 4.78 is 26.4. The van der Waals surface area contributed by atoms with E-state index in [1.165, 1.54) is 11.9 Å². The maximum absolute atomic E-state index is 13.5. The Labute approximate surface area is 195 Å². The average Bonchev–Trinajstić information content (AvgIpc) is 2.74. The third-order valence-corrected chi connectivity index (χ3v) is 6.80. The van der Waals surface area contributed by atoms with E-state index in [0.29, 0.717) is 17.1 Å². The molecule has 0 heterocycles. The van der Waals surface area contributed by atoms with Gasteiger partial charge >= 0.3 is 0 Å². The summed E-state index contributed by atoms with van der Waals surface area (Å²) in [7, 11) is -2.25. The van der Waals surface area contributed by atoms with Crippen LogP contribution >= 0.6 is 11.6 Å². The Morgan fingerprint density at radius 1 is 1.09 bits per heavy atom. The molecule has 2 rings (SSSR count). The Morgan fingerprint density at radius 3 is 2.25 bits per heavy atom. The Hall–Kier alpha value is -2.58. The SMILES string of the molecule is CCC(C(=O)NC)N(Cc1ccc(Cl)cc1)C(=O)CN(c1cccc(C)c1C)S(C)(=O)=O. The molecule has 0 fully saturated rings. The van der Waals surface area contributed by atoms with Crippen LogP contribution in [0.1, 0.15) is 30.0 Å². The van der Waals surface area contributed by atoms with Crippen molar-refractivity contribution in [3.05, 3.63) is 64.2 Å². The summed E-state index contributed by atoms with van der Waals surface area (Å²) in [6.07, 6.45) is 1.45. The van der Waals surface area contributed by atoms with Gasteiger partial charge < -0.3 is 10.2 Å². The van der Waals surface area contributed by atoms with Crippen LogP contribution in [0.3, 0.4) is 0 Å². The molecule has 9 heteroatoms. The number of hydrogen-bond acceptors (Lipinski definition) is 4. The number of sulfonamides is 1. The van der Waals surface area contributed by atoms with Gasteiger partial charge in [-0.3, -0.25) is 13.9 Å². The molecular formula is C23H30ClN3O4S. The van der Waals surface area contributed by atoms with Crippen LogP contribution in [0.5, 0.6) is 0 Å². The molecule has 1 N–H and O–H groups in total. The topological polar surface area (TPSA) is 86.8 Å². The molecule has 0 aliphatic heterocycles. The molecule has 0 aromatic heterocycles. The first-order chi connectivity index (χ1) is 15.0. The number of carbonyl (C=O) groups is 2. The van der Waals surface area contributed by atoms with E-state index in [4.69, 9.17) is 11.6 Å². The number of anilines is 1. The maximum atomic E-state index is 13.5. The summed E-state index contributed by atoms with van der Waals surface area (Å²) in [5.41, 5.74) is 2.91. The van der Waals surface area contributed by atoms with Gasteiger partial charge in [-0.1, -0.05) is 42.8 Å². The minimum absolute atomic E-state index is 0.145. The Kier molecular flexibility index (Phi) is 8.69. The van der Waals surface area contributed by atoms with Crippen molar-refractivity contribution < 1.29 is 18.0 Å². The Morgan fingerprint density at radius 2 is 1.72 bits per heavy atom. The third kappa shape index (κ3) is 6.23. The highest BCUT2D eigenvalue weighted by Crippen LogP contribution is 2.25. The van der Waals surface area contributed by atoms with Gasteiger partial charge in [0.15, 0.2) is 0 Å². The minimum Gasteiger partial charge on any atom is -0.357 e. The monoisotopic (exact) mass is 479 g/mol. The summed E-state index contributed by atoms with van der Waals surface area (Å²) in [4.78, 5) is 27.4. The number of carbonyl (C=O) groups excluding carboxylic acids is 2. The van der Waals surface area contributed by atoms with Crippen molar-refractivity contribution in [2.24, 2.45) is 0 Å². The molecule has 7 nitrogen and oxygen atoms in total. The number of aryl methyl sites for hydroxylation is 1. The molecule has 2 aromatic carbocycles. The van der Waals surface area contributed by atoms with Crippen LogP contribution < -0.4 is 9.62 Å². The zero-order chi connectivity index (χ0) is 24.1. The van der Waals surface area contributed by atoms with Crippen LogP contribution in [-0.2, 0) is 26.2 Å². The molecule has 2 aromatic rings. The summed E-state index contributed by atoms with van der Waals surface area (Å²) in [6.45, 7) is 5.24. The molecule has 1 unspecified atom stereocenters. The fourth-order valence-electron chi connectivity index (χ4n) is 3.47. The van der Waals surface area contributed by atoms with Crippen LogP contribution in [0.2, 0.25) is 5.02 Å². The Balaban J connectivity index is 2.46. The highest BCUT2D eigenvalue weighted by Gasteiger charge is 2.31. The molecule has 0 bridgehead atoms. The molecule has 2 amide bonds. The number of hydrogen-bond donors (Lipinski definition) is 1. The van der Waals surface area contributed by atoms with E-state index in [1.54, 1.807) is 43.3 Å². The van der Waals surface area contributed by atoms with Crippen LogP contribution in [0, 0.1) is 13.8 Å². The number of rotatable bonds is 9. The van der Waals surface area contributed by atoms with Gasteiger partial charge in [0.1, 0.15) is 12.6 Å². The van der Waals surface area contributed by atoms with Gasteiger partial charge in [-0.25, -0.2) is 8.42 Å². The molecule has 174 valence electrons. The van der Waals surface area contributed by atoms with Gasteiger partial charge in [-0.15, -0.1) is 0 Å². The van der Waals surface area contributed by atoms with Gasteiger partial charge in [-0.2, -0.15) is 0 Å². The second-order valence-electron chi connectivity index (χ2n) is 7.68. The molecule has 0 saturated heterocycles. The van der Waals surface area contributed by atoms with Crippen molar-refractivity contribution in [1.29, 1.82) is 0 Å². The van der Waals surface area contributed by atoms with E-state index in [9.17, 15) is 18.0 Å². The zero-order valence-corrected chi connectivity index (χ0v) is 20.6. The summed E-state index contributed by atoms with van der Waals surface area (Å²) in [5, 5.41) is 3.15. The second kappa shape index (κ2) is 10.8. The standard InChI is InChI=1S/C23H30ClN3O4S/c1-6-20(23(29)25-4)26(14-18-10-12-19(24)13-11-18)22(28)15-27(32(5,30)31)21-9-7-8-16(2)17(21)3/h7-13,20H,6,14-15H2,1-5H3,(H,25,29). The predicted octanol–water partition coefficient (Wildman–Crippen LogP) is 3.28. The van der Waals surface area contributed by atoms with Crippen molar-refractivity contribution in [3.8, 4) is 0 Å². The van der Waals surface area contributed by atoms with Crippen molar-refractivity contribution >= 4 is 39.1 Å². The number of halogens is 1. The average molecular weight is 480 g/mol. The van der Waals surface area contributed by atoms with Crippen molar-refractivity contribution in [2.45, 2.75) is 39.8 Å². The van der Waals surface area contributed by atoms with Crippen molar-refractivity contribution in [3.63, 3.8) is 0 Å². The smallest absolute Gasteiger partial charge is 0.244 e. The number of benzene rings is 2. The lowest BCUT2D eigenvalue weighted by Crippen LogP contribution is -2.51. The normalized spacial score (nSPS) is 12.2. The molecule has 1 atom stereocenters. The van der Waals surface area contributed by atoms with Crippen LogP contribution in [0.4, 0.5) is 5.69 Å². The summed E-state index contributed by atoms with van der Waals surface area (Å²) in [6, 6.07) is 11.5. The number of nitrogens with one attached hydrogen (secondary N) is 1. The summed E-state index contributed by atoms with van der Waals surface area (Å²) in [5.74, 6) is -0.783. The van der Waals surface area contributed by atoms with E-state index in [0.717, 1.165) is 27.3 Å². The van der Waals surface area contributed by atoms with Gasteiger partial charge in [0.25, 0.3) is 0 Å². The predicted molar refractivity (Wildman–Crippen MR) is 128 cm³/mol. The van der Waals surface area contributed by atoms with Gasteiger partial charge in [-0.05, 0) is 55.2 Å². The van der Waals surface area contributed by atoms with Crippen LogP contribution in [0.15, 0.2) is 42.5 Å². The zero-order valence-electron chi connectivity index (χ0n) is 19.1. The fourth-order valence-corrected chi connectivity index (χ4v) is 4.50.